The number of aryl methyl sites for hydroxylation is 1. The first-order chi connectivity index (χ1) is 10.9. The highest BCUT2D eigenvalue weighted by Gasteiger charge is 2.52. The smallest absolute Gasteiger partial charge is 0.325 e. The van der Waals surface area contributed by atoms with E-state index in [0.29, 0.717) is 25.7 Å². The summed E-state index contributed by atoms with van der Waals surface area (Å²) in [5, 5.41) is 11.9. The molecule has 1 saturated carbocycles. The lowest BCUT2D eigenvalue weighted by Gasteiger charge is -2.33. The number of amides is 3. The third-order valence-corrected chi connectivity index (χ3v) is 4.90. The van der Waals surface area contributed by atoms with Crippen LogP contribution in [0.4, 0.5) is 4.79 Å². The third-order valence-electron chi connectivity index (χ3n) is 4.90. The van der Waals surface area contributed by atoms with E-state index in [9.17, 15) is 14.4 Å². The number of carbonyl (C=O) groups excluding carboxylic acids is 2. The van der Waals surface area contributed by atoms with Crippen LogP contribution in [0.15, 0.2) is 24.3 Å². The molecule has 0 radical (unpaired) electrons. The molecule has 122 valence electrons. The number of benzene rings is 1. The molecular weight excluding hydrogens is 296 g/mol. The molecule has 6 nitrogen and oxygen atoms in total. The molecule has 1 spiro atoms. The summed E-state index contributed by atoms with van der Waals surface area (Å²) in [6.45, 7) is 2.22. The zero-order valence-electron chi connectivity index (χ0n) is 13.0. The first kappa shape index (κ1) is 15.5. The van der Waals surface area contributed by atoms with Crippen LogP contribution in [0.2, 0.25) is 0 Å². The zero-order chi connectivity index (χ0) is 16.6. The Morgan fingerprint density at radius 2 is 1.87 bits per heavy atom. The number of urea groups is 1. The van der Waals surface area contributed by atoms with Crippen molar-refractivity contribution in [3.8, 4) is 0 Å². The van der Waals surface area contributed by atoms with Crippen molar-refractivity contribution in [3.63, 3.8) is 0 Å². The lowest BCUT2D eigenvalue weighted by atomic mass is 9.76. The second-order valence-corrected chi connectivity index (χ2v) is 6.50. The van der Waals surface area contributed by atoms with Gasteiger partial charge in [-0.05, 0) is 38.2 Å². The number of hydrogen-bond donors (Lipinski definition) is 2. The highest BCUT2D eigenvalue weighted by molar-refractivity contribution is 6.07. The molecule has 6 heteroatoms. The monoisotopic (exact) mass is 316 g/mol. The van der Waals surface area contributed by atoms with Gasteiger partial charge >= 0.3 is 12.0 Å². The van der Waals surface area contributed by atoms with Gasteiger partial charge in [0.2, 0.25) is 0 Å². The second kappa shape index (κ2) is 5.68. The van der Waals surface area contributed by atoms with Crippen molar-refractivity contribution >= 4 is 17.9 Å². The van der Waals surface area contributed by atoms with Crippen molar-refractivity contribution in [3.05, 3.63) is 35.4 Å². The van der Waals surface area contributed by atoms with Gasteiger partial charge in [-0.3, -0.25) is 14.5 Å². The molecule has 0 unspecified atom stereocenters. The van der Waals surface area contributed by atoms with Crippen LogP contribution in [-0.4, -0.2) is 33.5 Å². The van der Waals surface area contributed by atoms with Crippen molar-refractivity contribution < 1.29 is 19.5 Å². The van der Waals surface area contributed by atoms with E-state index in [1.807, 2.05) is 31.2 Å². The number of rotatable bonds is 3. The van der Waals surface area contributed by atoms with Gasteiger partial charge in [0.25, 0.3) is 5.91 Å². The van der Waals surface area contributed by atoms with Crippen LogP contribution >= 0.6 is 0 Å². The largest absolute Gasteiger partial charge is 0.481 e. The third kappa shape index (κ3) is 2.81. The van der Waals surface area contributed by atoms with Gasteiger partial charge in [0, 0.05) is 0 Å². The normalized spacial score (nSPS) is 27.3. The van der Waals surface area contributed by atoms with E-state index in [0.717, 1.165) is 11.1 Å². The average Bonchev–Trinajstić information content (AvgIpc) is 2.74. The van der Waals surface area contributed by atoms with Crippen molar-refractivity contribution in [1.29, 1.82) is 0 Å². The molecule has 0 atom stereocenters. The van der Waals surface area contributed by atoms with E-state index in [2.05, 4.69) is 5.32 Å². The summed E-state index contributed by atoms with van der Waals surface area (Å²) in [7, 11) is 0. The van der Waals surface area contributed by atoms with Crippen molar-refractivity contribution in [1.82, 2.24) is 10.2 Å². The zero-order valence-corrected chi connectivity index (χ0v) is 13.0. The maximum atomic E-state index is 12.7. The topological polar surface area (TPSA) is 86.7 Å². The molecular formula is C17H20N2O4. The minimum Gasteiger partial charge on any atom is -0.481 e. The molecule has 1 heterocycles. The minimum absolute atomic E-state index is 0.230. The van der Waals surface area contributed by atoms with Gasteiger partial charge in [-0.25, -0.2) is 4.79 Å². The van der Waals surface area contributed by atoms with E-state index >= 15 is 0 Å². The minimum atomic E-state index is -0.909. The Morgan fingerprint density at radius 3 is 2.43 bits per heavy atom. The summed E-state index contributed by atoms with van der Waals surface area (Å²) >= 11 is 0. The Labute approximate surface area is 134 Å². The second-order valence-electron chi connectivity index (χ2n) is 6.50. The van der Waals surface area contributed by atoms with Gasteiger partial charge < -0.3 is 10.4 Å². The maximum absolute atomic E-state index is 12.7. The number of nitrogens with one attached hydrogen (secondary N) is 1. The summed E-state index contributed by atoms with van der Waals surface area (Å²) in [6, 6.07) is 7.32. The summed E-state index contributed by atoms with van der Waals surface area (Å²) < 4.78 is 0. The molecule has 0 bridgehead atoms. The quantitative estimate of drug-likeness (QED) is 0.836. The predicted octanol–water partition coefficient (Wildman–Crippen LogP) is 2.06. The van der Waals surface area contributed by atoms with Gasteiger partial charge in [-0.2, -0.15) is 0 Å². The van der Waals surface area contributed by atoms with Crippen LogP contribution < -0.4 is 5.32 Å². The Morgan fingerprint density at radius 1 is 1.26 bits per heavy atom. The van der Waals surface area contributed by atoms with Crippen LogP contribution in [-0.2, 0) is 16.1 Å². The van der Waals surface area contributed by atoms with Gasteiger partial charge in [0.1, 0.15) is 5.54 Å². The van der Waals surface area contributed by atoms with Crippen LogP contribution in [0.3, 0.4) is 0 Å². The highest BCUT2D eigenvalue weighted by Crippen LogP contribution is 2.37. The Bertz CT molecular complexity index is 645. The molecule has 3 rings (SSSR count). The average molecular weight is 316 g/mol. The fourth-order valence-electron chi connectivity index (χ4n) is 3.39. The van der Waals surface area contributed by atoms with E-state index in [1.165, 1.54) is 4.90 Å². The van der Waals surface area contributed by atoms with Crippen LogP contribution in [0.25, 0.3) is 0 Å². The summed E-state index contributed by atoms with van der Waals surface area (Å²) in [4.78, 5) is 37.3. The first-order valence-electron chi connectivity index (χ1n) is 7.84. The molecule has 2 N–H and O–H groups in total. The first-order valence-corrected chi connectivity index (χ1v) is 7.84. The molecule has 1 aliphatic heterocycles. The Kier molecular flexibility index (Phi) is 3.83. The number of nitrogens with zero attached hydrogens (tertiary/aromatic N) is 1. The highest BCUT2D eigenvalue weighted by atomic mass is 16.4. The molecule has 23 heavy (non-hydrogen) atoms. The van der Waals surface area contributed by atoms with Crippen molar-refractivity contribution in [2.45, 2.75) is 44.7 Å². The van der Waals surface area contributed by atoms with Gasteiger partial charge in [0.05, 0.1) is 12.5 Å². The number of carboxylic acid groups (broad SMARTS) is 1. The molecule has 3 amide bonds. The van der Waals surface area contributed by atoms with E-state index in [1.54, 1.807) is 0 Å². The summed E-state index contributed by atoms with van der Waals surface area (Å²) in [6.07, 6.45) is 1.61. The van der Waals surface area contributed by atoms with Gasteiger partial charge in [-0.1, -0.05) is 29.8 Å². The fourth-order valence-corrected chi connectivity index (χ4v) is 3.39. The molecule has 2 aliphatic rings. The fraction of sp³-hybridized carbons (Fsp3) is 0.471. The lowest BCUT2D eigenvalue weighted by Crippen LogP contribution is -2.50. The molecule has 1 aromatic rings. The van der Waals surface area contributed by atoms with Crippen LogP contribution in [0.5, 0.6) is 0 Å². The van der Waals surface area contributed by atoms with Gasteiger partial charge in [0.15, 0.2) is 0 Å². The van der Waals surface area contributed by atoms with Crippen molar-refractivity contribution in [2.24, 2.45) is 5.92 Å². The molecule has 1 aromatic carbocycles. The van der Waals surface area contributed by atoms with Gasteiger partial charge in [-0.15, -0.1) is 0 Å². The van der Waals surface area contributed by atoms with Crippen LogP contribution in [0.1, 0.15) is 36.8 Å². The maximum Gasteiger partial charge on any atom is 0.325 e. The van der Waals surface area contributed by atoms with E-state index in [4.69, 9.17) is 5.11 Å². The molecule has 1 saturated heterocycles. The number of hydrogen-bond acceptors (Lipinski definition) is 3. The standard InChI is InChI=1S/C17H20N2O4/c1-11-2-4-12(5-3-11)10-19-15(22)17(18-16(19)23)8-6-13(7-9-17)14(20)21/h2-5,13H,6-10H2,1H3,(H,18,23)(H,20,21). The summed E-state index contributed by atoms with van der Waals surface area (Å²) in [5.74, 6) is -1.48. The number of imide groups is 1. The summed E-state index contributed by atoms with van der Waals surface area (Å²) in [5.41, 5.74) is 1.11. The molecule has 1 aliphatic carbocycles. The number of carboxylic acids is 1. The lowest BCUT2D eigenvalue weighted by molar-refractivity contribution is -0.145. The number of carbonyl (C=O) groups is 3. The van der Waals surface area contributed by atoms with E-state index in [-0.39, 0.29) is 18.5 Å². The van der Waals surface area contributed by atoms with Crippen molar-refractivity contribution in [2.75, 3.05) is 0 Å². The molecule has 0 aromatic heterocycles. The van der Waals surface area contributed by atoms with E-state index < -0.39 is 17.4 Å². The van der Waals surface area contributed by atoms with Crippen LogP contribution in [0, 0.1) is 12.8 Å². The Hall–Kier alpha value is -2.37. The number of aliphatic carboxylic acids is 1. The Balaban J connectivity index is 1.73. The SMILES string of the molecule is Cc1ccc(CN2C(=O)NC3(CCC(C(=O)O)CC3)C2=O)cc1. The predicted molar refractivity (Wildman–Crippen MR) is 82.6 cm³/mol. The molecule has 2 fully saturated rings.